The maximum atomic E-state index is 5.50. The van der Waals surface area contributed by atoms with Crippen LogP contribution in [0.1, 0.15) is 0 Å². The zero-order valence-electron chi connectivity index (χ0n) is 33.6. The lowest BCUT2D eigenvalue weighted by atomic mass is 9.94. The van der Waals surface area contributed by atoms with Crippen molar-refractivity contribution >= 4 is 53.3 Å². The van der Waals surface area contributed by atoms with E-state index in [9.17, 15) is 0 Å². The average molecular weight is 813 g/mol. The number of benzene rings is 8. The Kier molecular flexibility index (Phi) is 8.61. The molecule has 0 atom stereocenters. The van der Waals surface area contributed by atoms with E-state index in [1.54, 1.807) is 0 Å². The molecule has 12 aromatic rings. The van der Waals surface area contributed by atoms with Gasteiger partial charge in [0.15, 0.2) is 0 Å². The molecule has 0 N–H and O–H groups in total. The van der Waals surface area contributed by atoms with E-state index >= 15 is 0 Å². The summed E-state index contributed by atoms with van der Waals surface area (Å²) in [6.45, 7) is 0. The molecule has 5 nitrogen and oxygen atoms in total. The van der Waals surface area contributed by atoms with Crippen molar-refractivity contribution in [3.05, 3.63) is 231 Å². The highest BCUT2D eigenvalue weighted by molar-refractivity contribution is 7.26. The standard InChI is InChI=1S/C56H38N5S/c1-5-18-39(19-6-1)44-26-13-14-27-45(44)40-34-51(60-37-58(41-20-7-2-8-21-41)36-59(38-60)42-22-9-3-10-23-42)54(57-35-40)48-29-17-31-52-53(48)49-33-32-47-46-28-15-16-30-50(46)61(55(47)56(49)62-52)43-24-11-4-12-25-43/h1-38H/q+3. The van der Waals surface area contributed by atoms with Gasteiger partial charge in [-0.25, -0.2) is 4.98 Å². The van der Waals surface area contributed by atoms with Gasteiger partial charge in [0.2, 0.25) is 17.1 Å². The van der Waals surface area contributed by atoms with Crippen LogP contribution in [0.2, 0.25) is 0 Å². The van der Waals surface area contributed by atoms with Crippen LogP contribution in [0.25, 0.3) is 98.2 Å². The Morgan fingerprint density at radius 3 is 1.71 bits per heavy atom. The third-order valence-electron chi connectivity index (χ3n) is 11.9. The van der Waals surface area contributed by atoms with Crippen molar-refractivity contribution in [1.82, 2.24) is 9.55 Å². The maximum absolute atomic E-state index is 5.50. The summed E-state index contributed by atoms with van der Waals surface area (Å²) < 4.78 is 11.5. The van der Waals surface area contributed by atoms with E-state index in [0.29, 0.717) is 0 Å². The number of thiophene rings is 1. The molecule has 0 spiro atoms. The van der Waals surface area contributed by atoms with E-state index in [4.69, 9.17) is 4.98 Å². The van der Waals surface area contributed by atoms with Crippen LogP contribution in [0.4, 0.5) is 0 Å². The summed E-state index contributed by atoms with van der Waals surface area (Å²) >= 11 is 1.86. The minimum atomic E-state index is 0.898. The van der Waals surface area contributed by atoms with Crippen molar-refractivity contribution in [2.24, 2.45) is 0 Å². The molecular weight excluding hydrogens is 775 g/mol. The van der Waals surface area contributed by atoms with E-state index < -0.39 is 0 Å². The first kappa shape index (κ1) is 35.8. The lowest BCUT2D eigenvalue weighted by Crippen LogP contribution is -2.55. The summed E-state index contributed by atoms with van der Waals surface area (Å²) in [5.41, 5.74) is 13.1. The highest BCUT2D eigenvalue weighted by Crippen LogP contribution is 2.46. The summed E-state index contributed by atoms with van der Waals surface area (Å²) in [5.74, 6) is 0. The summed E-state index contributed by atoms with van der Waals surface area (Å²) in [6.07, 6.45) is 8.51. The summed E-state index contributed by atoms with van der Waals surface area (Å²) in [4.78, 5) is 5.50. The zero-order valence-corrected chi connectivity index (χ0v) is 34.4. The van der Waals surface area contributed by atoms with Gasteiger partial charge in [-0.2, -0.15) is 0 Å². The van der Waals surface area contributed by atoms with E-state index in [1.165, 1.54) is 47.5 Å². The van der Waals surface area contributed by atoms with Gasteiger partial charge in [-0.1, -0.05) is 161 Å². The molecule has 6 heteroatoms. The number of rotatable bonds is 7. The number of pyridine rings is 1. The van der Waals surface area contributed by atoms with Crippen molar-refractivity contribution in [3.8, 4) is 56.3 Å². The van der Waals surface area contributed by atoms with Crippen molar-refractivity contribution in [1.29, 1.82) is 0 Å². The number of fused-ring (bicyclic) bond motifs is 7. The van der Waals surface area contributed by atoms with Crippen molar-refractivity contribution in [2.45, 2.75) is 0 Å². The van der Waals surface area contributed by atoms with Crippen molar-refractivity contribution in [3.63, 3.8) is 0 Å². The summed E-state index contributed by atoms with van der Waals surface area (Å²) in [7, 11) is 0. The lowest BCUT2D eigenvalue weighted by molar-refractivity contribution is -0.858. The molecule has 0 saturated heterocycles. The fourth-order valence-corrected chi connectivity index (χ4v) is 10.3. The second-order valence-corrected chi connectivity index (χ2v) is 16.6. The largest absolute Gasteiger partial charge is 0.428 e. The Bertz CT molecular complexity index is 3560. The fourth-order valence-electron chi connectivity index (χ4n) is 9.07. The number of hydrogen-bond acceptors (Lipinski definition) is 2. The Hall–Kier alpha value is -8.06. The molecule has 0 saturated carbocycles. The number of aromatic nitrogens is 5. The Morgan fingerprint density at radius 1 is 0.435 bits per heavy atom. The minimum absolute atomic E-state index is 0.898. The highest BCUT2D eigenvalue weighted by atomic mass is 32.1. The van der Waals surface area contributed by atoms with Crippen molar-refractivity contribution < 1.29 is 13.7 Å². The van der Waals surface area contributed by atoms with Gasteiger partial charge < -0.3 is 4.57 Å². The smallest absolute Gasteiger partial charge is 0.308 e. The van der Waals surface area contributed by atoms with Gasteiger partial charge >= 0.3 is 19.0 Å². The van der Waals surface area contributed by atoms with E-state index in [2.05, 4.69) is 250 Å². The van der Waals surface area contributed by atoms with Crippen LogP contribution in [0.3, 0.4) is 0 Å². The topological polar surface area (TPSA) is 29.5 Å². The number of nitrogens with zero attached hydrogens (tertiary/aromatic N) is 5. The SMILES string of the molecule is c1ccc(-c2ccccc2-c2cnc(-c3cccc4sc5c(ccc6c7ccccc7n(-c7ccccc7)c65)c34)c(-[n+]3c[n+](-c4ccccc4)c[n+](-c4ccccc4)c3)c2)cc1. The first-order chi connectivity index (χ1) is 30.8. The molecule has 290 valence electrons. The van der Waals surface area contributed by atoms with Gasteiger partial charge in [0.1, 0.15) is 5.69 Å². The van der Waals surface area contributed by atoms with Gasteiger partial charge in [0.05, 0.1) is 15.7 Å². The van der Waals surface area contributed by atoms with Crippen LogP contribution in [0, 0.1) is 0 Å². The molecule has 0 fully saturated rings. The molecule has 0 aliphatic heterocycles. The molecule has 62 heavy (non-hydrogen) atoms. The predicted octanol–water partition coefficient (Wildman–Crippen LogP) is 12.4. The van der Waals surface area contributed by atoms with Crippen LogP contribution in [0.15, 0.2) is 231 Å². The number of para-hydroxylation sites is 4. The normalized spacial score (nSPS) is 11.5. The molecule has 0 radical (unpaired) electrons. The quantitative estimate of drug-likeness (QED) is 0.147. The van der Waals surface area contributed by atoms with E-state index in [0.717, 1.165) is 50.7 Å². The Balaban J connectivity index is 1.15. The molecule has 0 aliphatic rings. The molecule has 8 aromatic carbocycles. The van der Waals surface area contributed by atoms with Crippen LogP contribution in [-0.4, -0.2) is 9.55 Å². The second-order valence-electron chi connectivity index (χ2n) is 15.5. The Labute approximate surface area is 362 Å². The first-order valence-electron chi connectivity index (χ1n) is 20.8. The minimum Gasteiger partial charge on any atom is -0.308 e. The molecule has 0 amide bonds. The van der Waals surface area contributed by atoms with Gasteiger partial charge in [-0.3, -0.25) is 0 Å². The van der Waals surface area contributed by atoms with Gasteiger partial charge in [0, 0.05) is 79.6 Å². The van der Waals surface area contributed by atoms with E-state index in [-0.39, 0.29) is 0 Å². The predicted molar refractivity (Wildman–Crippen MR) is 252 cm³/mol. The monoisotopic (exact) mass is 812 g/mol. The molecule has 0 aliphatic carbocycles. The third-order valence-corrected chi connectivity index (χ3v) is 13.1. The lowest BCUT2D eigenvalue weighted by Gasteiger charge is -2.12. The average Bonchev–Trinajstić information content (AvgIpc) is 3.91. The van der Waals surface area contributed by atoms with Gasteiger partial charge in [-0.15, -0.1) is 11.3 Å². The second kappa shape index (κ2) is 14.9. The maximum Gasteiger partial charge on any atom is 0.428 e. The zero-order chi connectivity index (χ0) is 41.0. The van der Waals surface area contributed by atoms with Crippen molar-refractivity contribution in [2.75, 3.05) is 0 Å². The van der Waals surface area contributed by atoms with Crippen LogP contribution in [0.5, 0.6) is 0 Å². The molecule has 0 unspecified atom stereocenters. The summed E-state index contributed by atoms with van der Waals surface area (Å²) in [6, 6.07) is 73.4. The highest BCUT2D eigenvalue weighted by Gasteiger charge is 2.30. The molecular formula is C56H38N5S+3. The molecule has 4 heterocycles. The first-order valence-corrected chi connectivity index (χ1v) is 21.7. The van der Waals surface area contributed by atoms with Gasteiger partial charge in [0.25, 0.3) is 0 Å². The molecule has 0 bridgehead atoms. The fraction of sp³-hybridized carbons (Fsp3) is 0. The van der Waals surface area contributed by atoms with Crippen LogP contribution in [-0.2, 0) is 0 Å². The number of hydrogen-bond donors (Lipinski definition) is 0. The van der Waals surface area contributed by atoms with Crippen LogP contribution >= 0.6 is 11.3 Å². The molecule has 4 aromatic heterocycles. The third kappa shape index (κ3) is 5.99. The molecule has 12 rings (SSSR count). The Morgan fingerprint density at radius 2 is 1.00 bits per heavy atom. The summed E-state index contributed by atoms with van der Waals surface area (Å²) in [5, 5.41) is 4.92. The van der Waals surface area contributed by atoms with Crippen LogP contribution < -0.4 is 13.7 Å². The van der Waals surface area contributed by atoms with E-state index in [1.807, 2.05) is 11.3 Å². The van der Waals surface area contributed by atoms with Gasteiger partial charge in [-0.05, 0) is 45.5 Å².